The first kappa shape index (κ1) is 16.1. The summed E-state index contributed by atoms with van der Waals surface area (Å²) in [5.74, 6) is 0.148. The number of nitrogens with one attached hydrogen (secondary N) is 2. The highest BCUT2D eigenvalue weighted by Gasteiger charge is 2.40. The van der Waals surface area contributed by atoms with E-state index < -0.39 is 15.4 Å². The Morgan fingerprint density at radius 3 is 2.70 bits per heavy atom. The van der Waals surface area contributed by atoms with Crippen LogP contribution in [0.15, 0.2) is 4.79 Å². The summed E-state index contributed by atoms with van der Waals surface area (Å²) in [6.45, 7) is 5.11. The third-order valence-corrected chi connectivity index (χ3v) is 7.13. The van der Waals surface area contributed by atoms with E-state index in [1.54, 1.807) is 20.8 Å². The Morgan fingerprint density at radius 2 is 2.09 bits per heavy atom. The van der Waals surface area contributed by atoms with Crippen LogP contribution in [0.5, 0.6) is 0 Å². The molecular formula is C14H17N3O4S2. The first-order valence-corrected chi connectivity index (χ1v) is 9.77. The Hall–Kier alpha value is -1.74. The Morgan fingerprint density at radius 1 is 1.39 bits per heavy atom. The van der Waals surface area contributed by atoms with Gasteiger partial charge in [0.2, 0.25) is 0 Å². The van der Waals surface area contributed by atoms with Crippen LogP contribution in [0.3, 0.4) is 0 Å². The lowest BCUT2D eigenvalue weighted by molar-refractivity contribution is 0.0919. The van der Waals surface area contributed by atoms with E-state index in [0.29, 0.717) is 32.9 Å². The molecule has 1 saturated heterocycles. The lowest BCUT2D eigenvalue weighted by Crippen LogP contribution is -2.46. The quantitative estimate of drug-likeness (QED) is 0.832. The van der Waals surface area contributed by atoms with Gasteiger partial charge in [-0.15, -0.1) is 11.3 Å². The molecule has 0 unspecified atom stereocenters. The molecule has 2 N–H and O–H groups in total. The molecule has 0 bridgehead atoms. The van der Waals surface area contributed by atoms with Gasteiger partial charge in [0.05, 0.1) is 27.3 Å². The fourth-order valence-electron chi connectivity index (χ4n) is 2.91. The van der Waals surface area contributed by atoms with Crippen LogP contribution in [0.2, 0.25) is 0 Å². The summed E-state index contributed by atoms with van der Waals surface area (Å²) in [5.41, 5.74) is -0.468. The van der Waals surface area contributed by atoms with Crippen LogP contribution in [0.1, 0.15) is 34.4 Å². The normalized spacial score (nSPS) is 23.3. The smallest absolute Gasteiger partial charge is 0.262 e. The third kappa shape index (κ3) is 2.90. The summed E-state index contributed by atoms with van der Waals surface area (Å²) in [6.07, 6.45) is 0.392. The molecule has 1 atom stereocenters. The maximum atomic E-state index is 12.6. The van der Waals surface area contributed by atoms with Crippen molar-refractivity contribution in [1.29, 1.82) is 0 Å². The van der Waals surface area contributed by atoms with E-state index in [2.05, 4.69) is 15.3 Å². The number of rotatable bonds is 2. The highest BCUT2D eigenvalue weighted by Crippen LogP contribution is 2.29. The Labute approximate surface area is 137 Å². The van der Waals surface area contributed by atoms with Crippen molar-refractivity contribution in [3.8, 4) is 0 Å². The standard InChI is InChI=1S/C14H17N3O4S2/c1-7-9-11(18)15-8(2)16-13(9)22-10(7)12(19)17-14(3)4-5-23(20,21)6-14/h4-6H2,1-3H3,(H,17,19)(H,15,16,18)/t14-/m1/s1. The van der Waals surface area contributed by atoms with E-state index in [1.807, 2.05) is 0 Å². The molecule has 0 saturated carbocycles. The molecule has 0 aromatic carbocycles. The number of thiophene rings is 1. The van der Waals surface area contributed by atoms with E-state index in [1.165, 1.54) is 0 Å². The summed E-state index contributed by atoms with van der Waals surface area (Å²) in [7, 11) is -3.11. The molecule has 3 heterocycles. The Kier molecular flexibility index (Phi) is 3.60. The van der Waals surface area contributed by atoms with Crippen LogP contribution in [-0.2, 0) is 9.84 Å². The lowest BCUT2D eigenvalue weighted by atomic mass is 10.0. The molecule has 1 amide bonds. The number of hydrogen-bond acceptors (Lipinski definition) is 6. The van der Waals surface area contributed by atoms with Crippen LogP contribution in [0.25, 0.3) is 10.2 Å². The zero-order valence-electron chi connectivity index (χ0n) is 13.0. The van der Waals surface area contributed by atoms with E-state index in [9.17, 15) is 18.0 Å². The molecule has 1 fully saturated rings. The predicted octanol–water partition coefficient (Wildman–Crippen LogP) is 0.908. The van der Waals surface area contributed by atoms with Gasteiger partial charge in [-0.05, 0) is 32.8 Å². The second-order valence-corrected chi connectivity index (χ2v) is 9.43. The second-order valence-electron chi connectivity index (χ2n) is 6.24. The van der Waals surface area contributed by atoms with Gasteiger partial charge >= 0.3 is 0 Å². The van der Waals surface area contributed by atoms with Crippen molar-refractivity contribution in [3.63, 3.8) is 0 Å². The molecule has 23 heavy (non-hydrogen) atoms. The van der Waals surface area contributed by atoms with E-state index >= 15 is 0 Å². The maximum absolute atomic E-state index is 12.6. The van der Waals surface area contributed by atoms with Crippen LogP contribution < -0.4 is 10.9 Å². The minimum absolute atomic E-state index is 0.0619. The molecule has 2 aromatic rings. The van der Waals surface area contributed by atoms with Crippen molar-refractivity contribution in [2.45, 2.75) is 32.7 Å². The fraction of sp³-hybridized carbons (Fsp3) is 0.500. The van der Waals surface area contributed by atoms with Gasteiger partial charge in [0.25, 0.3) is 11.5 Å². The van der Waals surface area contributed by atoms with E-state index in [-0.39, 0.29) is 23.0 Å². The number of nitrogens with zero attached hydrogens (tertiary/aromatic N) is 1. The Balaban J connectivity index is 1.98. The average Bonchev–Trinajstić information content (AvgIpc) is 2.86. The molecule has 0 radical (unpaired) electrons. The predicted molar refractivity (Wildman–Crippen MR) is 88.9 cm³/mol. The van der Waals surface area contributed by atoms with Crippen LogP contribution >= 0.6 is 11.3 Å². The van der Waals surface area contributed by atoms with E-state index in [4.69, 9.17) is 0 Å². The van der Waals surface area contributed by atoms with E-state index in [0.717, 1.165) is 11.3 Å². The molecule has 0 spiro atoms. The van der Waals surface area contributed by atoms with Gasteiger partial charge < -0.3 is 10.3 Å². The second kappa shape index (κ2) is 5.13. The number of hydrogen-bond donors (Lipinski definition) is 2. The zero-order valence-corrected chi connectivity index (χ0v) is 14.7. The maximum Gasteiger partial charge on any atom is 0.262 e. The molecule has 1 aliphatic rings. The molecule has 124 valence electrons. The van der Waals surface area contributed by atoms with Gasteiger partial charge in [0.1, 0.15) is 10.7 Å². The number of fused-ring (bicyclic) bond motifs is 1. The van der Waals surface area contributed by atoms with Gasteiger partial charge in [-0.2, -0.15) is 0 Å². The largest absolute Gasteiger partial charge is 0.345 e. The molecular weight excluding hydrogens is 338 g/mol. The van der Waals surface area contributed by atoms with Gasteiger partial charge in [-0.3, -0.25) is 9.59 Å². The van der Waals surface area contributed by atoms with Gasteiger partial charge in [0.15, 0.2) is 9.84 Å². The van der Waals surface area contributed by atoms with Crippen molar-refractivity contribution in [2.24, 2.45) is 0 Å². The van der Waals surface area contributed by atoms with Crippen LogP contribution in [0.4, 0.5) is 0 Å². The molecule has 1 aliphatic heterocycles. The summed E-state index contributed by atoms with van der Waals surface area (Å²) in [4.78, 5) is 32.4. The number of H-pyrrole nitrogens is 1. The molecule has 3 rings (SSSR count). The van der Waals surface area contributed by atoms with Gasteiger partial charge in [-0.25, -0.2) is 13.4 Å². The Bertz CT molecular complexity index is 974. The topological polar surface area (TPSA) is 109 Å². The van der Waals surface area contributed by atoms with Crippen molar-refractivity contribution in [3.05, 3.63) is 26.6 Å². The number of aromatic amines is 1. The summed E-state index contributed by atoms with van der Waals surface area (Å²) in [6, 6.07) is 0. The van der Waals surface area contributed by atoms with Gasteiger partial charge in [-0.1, -0.05) is 0 Å². The number of aromatic nitrogens is 2. The van der Waals surface area contributed by atoms with Crippen molar-refractivity contribution in [1.82, 2.24) is 15.3 Å². The lowest BCUT2D eigenvalue weighted by Gasteiger charge is -2.23. The summed E-state index contributed by atoms with van der Waals surface area (Å²) in [5, 5.41) is 3.23. The minimum Gasteiger partial charge on any atom is -0.345 e. The molecule has 2 aromatic heterocycles. The molecule has 9 heteroatoms. The average molecular weight is 355 g/mol. The summed E-state index contributed by atoms with van der Waals surface area (Å²) < 4.78 is 23.3. The van der Waals surface area contributed by atoms with Crippen molar-refractivity contribution >= 4 is 37.3 Å². The number of sulfone groups is 1. The first-order valence-electron chi connectivity index (χ1n) is 7.13. The van der Waals surface area contributed by atoms with Crippen LogP contribution in [-0.4, -0.2) is 41.3 Å². The minimum atomic E-state index is -3.11. The number of carbonyl (C=O) groups excluding carboxylic acids is 1. The highest BCUT2D eigenvalue weighted by molar-refractivity contribution is 7.91. The van der Waals surface area contributed by atoms with Gasteiger partial charge in [0, 0.05) is 0 Å². The number of carbonyl (C=O) groups is 1. The molecule has 7 nitrogen and oxygen atoms in total. The third-order valence-electron chi connectivity index (χ3n) is 4.04. The SMILES string of the molecule is Cc1nc2sc(C(=O)N[C@]3(C)CCS(=O)(=O)C3)c(C)c2c(=O)[nH]1. The zero-order chi connectivity index (χ0) is 17.0. The van der Waals surface area contributed by atoms with Crippen molar-refractivity contribution < 1.29 is 13.2 Å². The number of amides is 1. The molecule has 0 aliphatic carbocycles. The first-order chi connectivity index (χ1) is 10.6. The summed E-state index contributed by atoms with van der Waals surface area (Å²) >= 11 is 1.15. The highest BCUT2D eigenvalue weighted by atomic mass is 32.2. The van der Waals surface area contributed by atoms with Crippen LogP contribution in [0, 0.1) is 13.8 Å². The van der Waals surface area contributed by atoms with Crippen molar-refractivity contribution in [2.75, 3.05) is 11.5 Å². The fourth-order valence-corrected chi connectivity index (χ4v) is 6.12. The number of aryl methyl sites for hydroxylation is 2. The monoisotopic (exact) mass is 355 g/mol.